The Morgan fingerprint density at radius 1 is 1.16 bits per heavy atom. The van der Waals surface area contributed by atoms with Crippen LogP contribution >= 0.6 is 12.2 Å². The normalized spacial score (nSPS) is 10.9. The number of halogens is 1. The van der Waals surface area contributed by atoms with E-state index in [0.29, 0.717) is 54.0 Å². The maximum atomic E-state index is 14.1. The van der Waals surface area contributed by atoms with Crippen LogP contribution in [-0.4, -0.2) is 73.1 Å². The van der Waals surface area contributed by atoms with E-state index in [0.717, 1.165) is 17.8 Å². The first-order valence-corrected chi connectivity index (χ1v) is 12.5. The van der Waals surface area contributed by atoms with E-state index in [1.165, 1.54) is 17.5 Å². The molecule has 2 aromatic carbocycles. The van der Waals surface area contributed by atoms with E-state index in [1.807, 2.05) is 24.1 Å². The topological polar surface area (TPSA) is 145 Å². The van der Waals surface area contributed by atoms with Gasteiger partial charge in [0.1, 0.15) is 35.4 Å². The number of hydrogen-bond acceptors (Lipinski definition) is 12. The number of nitrogens with zero attached hydrogens (tertiary/aromatic N) is 4. The molecule has 0 spiro atoms. The van der Waals surface area contributed by atoms with Crippen LogP contribution in [0, 0.1) is 11.2 Å². The highest BCUT2D eigenvalue weighted by atomic mass is 32.2. The molecule has 3 aromatic rings. The molecule has 11 nitrogen and oxygen atoms in total. The number of likely N-dealkylation sites (N-methyl/N-ethyl adjacent to an activating group) is 1. The lowest BCUT2D eigenvalue weighted by atomic mass is 10.1. The van der Waals surface area contributed by atoms with Crippen molar-refractivity contribution in [1.82, 2.24) is 14.9 Å². The first-order valence-electron chi connectivity index (χ1n) is 11.8. The summed E-state index contributed by atoms with van der Waals surface area (Å²) in [4.78, 5) is 11.0. The number of aromatic nitrogens is 2. The van der Waals surface area contributed by atoms with Crippen LogP contribution in [0.1, 0.15) is 12.5 Å². The molecule has 0 saturated carbocycles. The minimum Gasteiger partial charge on any atom is -0.497 e. The van der Waals surface area contributed by atoms with Gasteiger partial charge in [0.05, 0.1) is 30.7 Å². The van der Waals surface area contributed by atoms with Gasteiger partial charge in [-0.3, -0.25) is 9.79 Å². The van der Waals surface area contributed by atoms with Gasteiger partial charge in [-0.05, 0) is 50.4 Å². The van der Waals surface area contributed by atoms with E-state index in [9.17, 15) is 4.39 Å². The summed E-state index contributed by atoms with van der Waals surface area (Å²) in [5, 5.41) is 20.4. The summed E-state index contributed by atoms with van der Waals surface area (Å²) in [5.41, 5.74) is 11.4. The predicted molar refractivity (Wildman–Crippen MR) is 151 cm³/mol. The van der Waals surface area contributed by atoms with Gasteiger partial charge in [-0.15, -0.1) is 0 Å². The van der Waals surface area contributed by atoms with Gasteiger partial charge in [0.25, 0.3) is 0 Å². The first kappa shape index (κ1) is 28.9. The molecule has 0 unspecified atom stereocenters. The molecule has 0 saturated heterocycles. The number of ether oxygens (including phenoxy) is 1. The summed E-state index contributed by atoms with van der Waals surface area (Å²) < 4.78 is 26.3. The van der Waals surface area contributed by atoms with E-state index < -0.39 is 5.82 Å². The molecule has 0 aliphatic carbocycles. The molecular weight excluding hydrogens is 511 g/mol. The molecule has 0 aliphatic rings. The van der Waals surface area contributed by atoms with Gasteiger partial charge < -0.3 is 31.2 Å². The fourth-order valence-corrected chi connectivity index (χ4v) is 3.93. The molecule has 1 heterocycles. The third-order valence-electron chi connectivity index (χ3n) is 5.52. The highest BCUT2D eigenvalue weighted by Crippen LogP contribution is 2.29. The monoisotopic (exact) mass is 544 g/mol. The van der Waals surface area contributed by atoms with Crippen LogP contribution in [0.4, 0.5) is 27.4 Å². The van der Waals surface area contributed by atoms with Gasteiger partial charge >= 0.3 is 0 Å². The average Bonchev–Trinajstić information content (AvgIpc) is 2.89. The van der Waals surface area contributed by atoms with Gasteiger partial charge in [0.15, 0.2) is 5.82 Å². The van der Waals surface area contributed by atoms with Crippen LogP contribution in [0.3, 0.4) is 0 Å². The number of aliphatic hydroxyl groups excluding tert-OH is 1. The lowest BCUT2D eigenvalue weighted by Crippen LogP contribution is -2.28. The minimum absolute atomic E-state index is 0.0814. The third kappa shape index (κ3) is 7.68. The van der Waals surface area contributed by atoms with Crippen LogP contribution in [0.2, 0.25) is 0 Å². The maximum Gasteiger partial charge on any atom is 0.163 e. The molecule has 3 rings (SSSR count). The standard InChI is InChI=1S/C25H33FN8O3S/c1-16(27)22-23(28)30-24(31-25(22)29-11-12-33(2)13-14-35)17-5-7-18(8-6-17)32-37-38-34(3)21-15-19(36-4)9-10-20(21)26/h5-10,15,27,32,35H,11-14H2,1-4H3,(H3,28,29,30,31). The Morgan fingerprint density at radius 2 is 1.89 bits per heavy atom. The maximum absolute atomic E-state index is 14.1. The Morgan fingerprint density at radius 3 is 2.55 bits per heavy atom. The van der Waals surface area contributed by atoms with Gasteiger partial charge in [-0.1, -0.05) is 0 Å². The number of anilines is 4. The largest absolute Gasteiger partial charge is 0.497 e. The summed E-state index contributed by atoms with van der Waals surface area (Å²) in [6.45, 7) is 3.51. The second-order valence-corrected chi connectivity index (χ2v) is 9.25. The van der Waals surface area contributed by atoms with E-state index in [-0.39, 0.29) is 18.1 Å². The summed E-state index contributed by atoms with van der Waals surface area (Å²) in [7, 11) is 5.10. The fourth-order valence-electron chi connectivity index (χ4n) is 3.46. The zero-order valence-corrected chi connectivity index (χ0v) is 22.6. The fraction of sp³-hybridized carbons (Fsp3) is 0.320. The Bertz CT molecular complexity index is 1230. The van der Waals surface area contributed by atoms with Gasteiger partial charge in [0.2, 0.25) is 0 Å². The molecule has 6 N–H and O–H groups in total. The molecule has 0 radical (unpaired) electrons. The SMILES string of the molecule is COc1ccc(F)c(N(C)SONc2ccc(-c3nc(N)c(C(C)=N)c(NCCN(C)CCO)n3)cc2)c1. The molecule has 38 heavy (non-hydrogen) atoms. The number of aliphatic hydroxyl groups is 1. The van der Waals surface area contributed by atoms with Crippen molar-refractivity contribution in [3.8, 4) is 17.1 Å². The van der Waals surface area contributed by atoms with Crippen LogP contribution in [-0.2, 0) is 4.28 Å². The van der Waals surface area contributed by atoms with Crippen LogP contribution in [0.5, 0.6) is 5.75 Å². The minimum atomic E-state index is -0.400. The average molecular weight is 545 g/mol. The van der Waals surface area contributed by atoms with Crippen molar-refractivity contribution in [2.75, 3.05) is 68.3 Å². The molecule has 0 amide bonds. The number of hydrogen-bond donors (Lipinski definition) is 5. The number of nitrogen functional groups attached to an aromatic ring is 1. The highest BCUT2D eigenvalue weighted by molar-refractivity contribution is 7.96. The lowest BCUT2D eigenvalue weighted by Gasteiger charge is -2.18. The predicted octanol–water partition coefficient (Wildman–Crippen LogP) is 3.64. The summed E-state index contributed by atoms with van der Waals surface area (Å²) in [5.74, 6) is 1.24. The summed E-state index contributed by atoms with van der Waals surface area (Å²) >= 11 is 0.919. The molecule has 0 bridgehead atoms. The Hall–Kier alpha value is -3.65. The van der Waals surface area contributed by atoms with Gasteiger partial charge in [-0.2, -0.15) is 4.28 Å². The van der Waals surface area contributed by atoms with Gasteiger partial charge in [-0.25, -0.2) is 14.4 Å². The number of rotatable bonds is 14. The van der Waals surface area contributed by atoms with Crippen molar-refractivity contribution in [3.05, 3.63) is 53.8 Å². The molecule has 0 atom stereocenters. The molecular formula is C25H33FN8O3S. The molecule has 0 fully saturated rings. The van der Waals surface area contributed by atoms with Crippen molar-refractivity contribution in [2.45, 2.75) is 6.92 Å². The first-order chi connectivity index (χ1) is 18.2. The van der Waals surface area contributed by atoms with Gasteiger partial charge in [0, 0.05) is 44.0 Å². The second kappa shape index (κ2) is 13.8. The summed E-state index contributed by atoms with van der Waals surface area (Å²) in [6.07, 6.45) is 0. The number of nitrogens with one attached hydrogen (secondary N) is 3. The lowest BCUT2D eigenvalue weighted by molar-refractivity contribution is 0.225. The second-order valence-electron chi connectivity index (χ2n) is 8.39. The van der Waals surface area contributed by atoms with Crippen molar-refractivity contribution >= 4 is 41.0 Å². The van der Waals surface area contributed by atoms with E-state index in [4.69, 9.17) is 25.3 Å². The Labute approximate surface area is 226 Å². The zero-order chi connectivity index (χ0) is 27.7. The van der Waals surface area contributed by atoms with Crippen molar-refractivity contribution in [1.29, 1.82) is 5.41 Å². The van der Waals surface area contributed by atoms with Crippen molar-refractivity contribution in [2.24, 2.45) is 0 Å². The zero-order valence-electron chi connectivity index (χ0n) is 21.8. The highest BCUT2D eigenvalue weighted by Gasteiger charge is 2.16. The van der Waals surface area contributed by atoms with Crippen LogP contribution in [0.15, 0.2) is 42.5 Å². The smallest absolute Gasteiger partial charge is 0.163 e. The molecule has 0 aliphatic heterocycles. The van der Waals surface area contributed by atoms with Crippen LogP contribution < -0.4 is 25.6 Å². The van der Waals surface area contributed by atoms with E-state index >= 15 is 0 Å². The van der Waals surface area contributed by atoms with E-state index in [2.05, 4.69) is 20.8 Å². The quantitative estimate of drug-likeness (QED) is 0.0878. The number of nitrogens with two attached hydrogens (primary N) is 1. The van der Waals surface area contributed by atoms with Crippen LogP contribution in [0.25, 0.3) is 11.4 Å². The molecule has 1 aromatic heterocycles. The number of methoxy groups -OCH3 is 1. The summed E-state index contributed by atoms with van der Waals surface area (Å²) in [6, 6.07) is 11.7. The Kier molecular flexibility index (Phi) is 10.5. The Balaban J connectivity index is 1.66. The van der Waals surface area contributed by atoms with E-state index in [1.54, 1.807) is 38.2 Å². The van der Waals surface area contributed by atoms with Crippen molar-refractivity contribution < 1.29 is 18.5 Å². The van der Waals surface area contributed by atoms with Crippen molar-refractivity contribution in [3.63, 3.8) is 0 Å². The number of benzene rings is 2. The third-order valence-corrected chi connectivity index (χ3v) is 6.10. The molecule has 204 valence electrons. The molecule has 13 heteroatoms.